The summed E-state index contributed by atoms with van der Waals surface area (Å²) in [7, 11) is 0. The molecule has 0 spiro atoms. The zero-order chi connectivity index (χ0) is 10.2. The van der Waals surface area contributed by atoms with E-state index in [4.69, 9.17) is 0 Å². The molecule has 80 valence electrons. The van der Waals surface area contributed by atoms with Crippen LogP contribution in [0.5, 0.6) is 0 Å². The highest BCUT2D eigenvalue weighted by Crippen LogP contribution is 2.10. The van der Waals surface area contributed by atoms with Crippen molar-refractivity contribution in [3.63, 3.8) is 0 Å². The molecule has 0 aromatic carbocycles. The molecule has 0 aliphatic rings. The van der Waals surface area contributed by atoms with Crippen LogP contribution in [0.2, 0.25) is 0 Å². The van der Waals surface area contributed by atoms with Crippen molar-refractivity contribution in [3.8, 4) is 0 Å². The van der Waals surface area contributed by atoms with Gasteiger partial charge in [0.15, 0.2) is 0 Å². The Balaban J connectivity index is 3.89. The van der Waals surface area contributed by atoms with E-state index in [0.717, 1.165) is 0 Å². The second kappa shape index (κ2) is 7.37. The average molecular weight is 186 g/mol. The highest BCUT2D eigenvalue weighted by molar-refractivity contribution is 4.43. The fourth-order valence-corrected chi connectivity index (χ4v) is 2.14. The molecule has 0 fully saturated rings. The summed E-state index contributed by atoms with van der Waals surface area (Å²) in [5.74, 6) is 0. The molecule has 0 heterocycles. The highest BCUT2D eigenvalue weighted by Gasteiger charge is 2.20. The Hall–Kier alpha value is -0.0400. The molecule has 1 heteroatoms. The Morgan fingerprint density at radius 1 is 0.692 bits per heavy atom. The lowest BCUT2D eigenvalue weighted by molar-refractivity contribution is -0.925. The molecule has 0 aromatic heterocycles. The Labute approximate surface area is 84.7 Å². The Morgan fingerprint density at radius 2 is 1.31 bits per heavy atom. The summed E-state index contributed by atoms with van der Waals surface area (Å²) in [5.41, 5.74) is 0. The normalized spacial score (nSPS) is 12.0. The molecule has 0 unspecified atom stereocenters. The van der Waals surface area contributed by atoms with Crippen molar-refractivity contribution in [3.05, 3.63) is 0 Å². The van der Waals surface area contributed by atoms with Crippen molar-refractivity contribution in [1.29, 1.82) is 0 Å². The van der Waals surface area contributed by atoms with Crippen molar-refractivity contribution < 1.29 is 4.48 Å². The van der Waals surface area contributed by atoms with Crippen LogP contribution in [-0.2, 0) is 0 Å². The zero-order valence-corrected chi connectivity index (χ0v) is 10.1. The molecule has 0 saturated heterocycles. The minimum Gasteiger partial charge on any atom is -0.324 e. The predicted octanol–water partition coefficient (Wildman–Crippen LogP) is 3.44. The number of rotatable bonds is 8. The van der Waals surface area contributed by atoms with Crippen LogP contribution in [0.15, 0.2) is 0 Å². The first-order valence-electron chi connectivity index (χ1n) is 6.09. The predicted molar refractivity (Wildman–Crippen MR) is 60.9 cm³/mol. The first kappa shape index (κ1) is 13.0. The van der Waals surface area contributed by atoms with Gasteiger partial charge in [-0.15, -0.1) is 0 Å². The summed E-state index contributed by atoms with van der Waals surface area (Å²) in [4.78, 5) is 0. The molecule has 0 bridgehead atoms. The molecule has 0 aliphatic carbocycles. The maximum Gasteiger partial charge on any atom is 0.0786 e. The summed E-state index contributed by atoms with van der Waals surface area (Å²) in [6, 6.07) is 0. The molecular formula is C12H28N+. The van der Waals surface area contributed by atoms with Crippen molar-refractivity contribution in [2.45, 2.75) is 53.4 Å². The average Bonchev–Trinajstić information content (AvgIpc) is 2.17. The van der Waals surface area contributed by atoms with Crippen LogP contribution in [0.1, 0.15) is 53.4 Å². The summed E-state index contributed by atoms with van der Waals surface area (Å²) in [6.45, 7) is 14.7. The van der Waals surface area contributed by atoms with E-state index in [-0.39, 0.29) is 0 Å². The lowest BCUT2D eigenvalue weighted by atomic mass is 10.2. The number of quaternary nitrogens is 1. The van der Waals surface area contributed by atoms with Crippen molar-refractivity contribution in [2.24, 2.45) is 0 Å². The van der Waals surface area contributed by atoms with Gasteiger partial charge in [-0.05, 0) is 33.1 Å². The van der Waals surface area contributed by atoms with Gasteiger partial charge in [0.25, 0.3) is 0 Å². The number of unbranched alkanes of at least 4 members (excludes halogenated alkanes) is 2. The SMILES string of the molecule is CCCCC[N+](CC)(CC)CCC. The van der Waals surface area contributed by atoms with E-state index in [1.165, 1.54) is 56.3 Å². The van der Waals surface area contributed by atoms with Gasteiger partial charge < -0.3 is 4.48 Å². The van der Waals surface area contributed by atoms with Gasteiger partial charge in [-0.3, -0.25) is 0 Å². The molecule has 0 amide bonds. The van der Waals surface area contributed by atoms with Crippen molar-refractivity contribution >= 4 is 0 Å². The third-order valence-corrected chi connectivity index (χ3v) is 3.28. The maximum atomic E-state index is 2.34. The maximum absolute atomic E-state index is 2.34. The second-order valence-electron chi connectivity index (χ2n) is 4.13. The molecule has 0 rings (SSSR count). The number of nitrogens with zero attached hydrogens (tertiary/aromatic N) is 1. The van der Waals surface area contributed by atoms with Crippen LogP contribution in [0.4, 0.5) is 0 Å². The summed E-state index contributed by atoms with van der Waals surface area (Å²) >= 11 is 0. The first-order chi connectivity index (χ1) is 6.24. The monoisotopic (exact) mass is 186 g/mol. The van der Waals surface area contributed by atoms with Gasteiger partial charge in [0, 0.05) is 0 Å². The van der Waals surface area contributed by atoms with Gasteiger partial charge >= 0.3 is 0 Å². The number of hydrogen-bond acceptors (Lipinski definition) is 0. The van der Waals surface area contributed by atoms with Crippen LogP contribution >= 0.6 is 0 Å². The van der Waals surface area contributed by atoms with E-state index in [1.54, 1.807) is 0 Å². The van der Waals surface area contributed by atoms with E-state index in [2.05, 4.69) is 27.7 Å². The largest absolute Gasteiger partial charge is 0.324 e. The summed E-state index contributed by atoms with van der Waals surface area (Å²) in [5, 5.41) is 0. The molecule has 0 aliphatic heterocycles. The minimum atomic E-state index is 1.31. The van der Waals surface area contributed by atoms with Crippen LogP contribution in [-0.4, -0.2) is 30.7 Å². The van der Waals surface area contributed by atoms with E-state index < -0.39 is 0 Å². The molecule has 0 saturated carbocycles. The van der Waals surface area contributed by atoms with Gasteiger partial charge in [0.2, 0.25) is 0 Å². The van der Waals surface area contributed by atoms with Gasteiger partial charge in [-0.2, -0.15) is 0 Å². The van der Waals surface area contributed by atoms with Gasteiger partial charge in [0.1, 0.15) is 0 Å². The summed E-state index contributed by atoms with van der Waals surface area (Å²) < 4.78 is 1.34. The van der Waals surface area contributed by atoms with Crippen LogP contribution in [0.25, 0.3) is 0 Å². The second-order valence-corrected chi connectivity index (χ2v) is 4.13. The highest BCUT2D eigenvalue weighted by atomic mass is 15.3. The lowest BCUT2D eigenvalue weighted by Crippen LogP contribution is -2.48. The van der Waals surface area contributed by atoms with Crippen LogP contribution in [0, 0.1) is 0 Å². The van der Waals surface area contributed by atoms with Crippen LogP contribution < -0.4 is 0 Å². The molecule has 0 aromatic rings. The minimum absolute atomic E-state index is 1.31. The Kier molecular flexibility index (Phi) is 7.35. The first-order valence-corrected chi connectivity index (χ1v) is 6.09. The Bertz CT molecular complexity index is 106. The standard InChI is InChI=1S/C12H28N/c1-5-9-10-12-13(7-3,8-4)11-6-2/h5-12H2,1-4H3/q+1. The van der Waals surface area contributed by atoms with E-state index in [1.807, 2.05) is 0 Å². The quantitative estimate of drug-likeness (QED) is 0.402. The number of hydrogen-bond donors (Lipinski definition) is 0. The third kappa shape index (κ3) is 4.66. The lowest BCUT2D eigenvalue weighted by Gasteiger charge is -2.36. The van der Waals surface area contributed by atoms with Crippen molar-refractivity contribution in [2.75, 3.05) is 26.2 Å². The molecule has 13 heavy (non-hydrogen) atoms. The topological polar surface area (TPSA) is 0 Å². The van der Waals surface area contributed by atoms with Gasteiger partial charge in [-0.1, -0.05) is 20.3 Å². The fraction of sp³-hybridized carbons (Fsp3) is 1.00. The van der Waals surface area contributed by atoms with Crippen LogP contribution in [0.3, 0.4) is 0 Å². The van der Waals surface area contributed by atoms with E-state index in [0.29, 0.717) is 0 Å². The zero-order valence-electron chi connectivity index (χ0n) is 10.1. The van der Waals surface area contributed by atoms with Gasteiger partial charge in [0.05, 0.1) is 26.2 Å². The fourth-order valence-electron chi connectivity index (χ4n) is 2.14. The third-order valence-electron chi connectivity index (χ3n) is 3.28. The molecule has 0 atom stereocenters. The summed E-state index contributed by atoms with van der Waals surface area (Å²) in [6.07, 6.45) is 5.50. The van der Waals surface area contributed by atoms with E-state index in [9.17, 15) is 0 Å². The van der Waals surface area contributed by atoms with Crippen molar-refractivity contribution in [1.82, 2.24) is 0 Å². The molecule has 1 nitrogen and oxygen atoms in total. The molecule has 0 N–H and O–H groups in total. The molecule has 0 radical (unpaired) electrons. The Morgan fingerprint density at radius 3 is 1.69 bits per heavy atom. The molecular weight excluding hydrogens is 158 g/mol. The van der Waals surface area contributed by atoms with Gasteiger partial charge in [-0.25, -0.2) is 0 Å². The van der Waals surface area contributed by atoms with E-state index >= 15 is 0 Å². The smallest absolute Gasteiger partial charge is 0.0786 e.